The Morgan fingerprint density at radius 3 is 2.60 bits per heavy atom. The van der Waals surface area contributed by atoms with Crippen LogP contribution in [0.3, 0.4) is 0 Å². The summed E-state index contributed by atoms with van der Waals surface area (Å²) in [5.74, 6) is -1.20. The van der Waals surface area contributed by atoms with Crippen molar-refractivity contribution in [2.45, 2.75) is 45.1 Å². The maximum Gasteiger partial charge on any atom is 0.323 e. The summed E-state index contributed by atoms with van der Waals surface area (Å²) < 4.78 is 1.55. The molecule has 1 heterocycles. The highest BCUT2D eigenvalue weighted by atomic mass is 16.4. The van der Waals surface area contributed by atoms with E-state index in [0.29, 0.717) is 5.69 Å². The number of aryl methyl sites for hydroxylation is 2. The highest BCUT2D eigenvalue weighted by Crippen LogP contribution is 2.25. The number of carboxylic acids is 1. The molecule has 1 aliphatic carbocycles. The second kappa shape index (κ2) is 6.07. The van der Waals surface area contributed by atoms with Crippen LogP contribution in [0.5, 0.6) is 0 Å². The monoisotopic (exact) mass is 279 g/mol. The number of hydrogen-bond acceptors (Lipinski definition) is 3. The second-order valence-electron chi connectivity index (χ2n) is 5.26. The van der Waals surface area contributed by atoms with Crippen molar-refractivity contribution in [2.24, 2.45) is 7.05 Å². The summed E-state index contributed by atoms with van der Waals surface area (Å²) >= 11 is 0. The fourth-order valence-electron chi connectivity index (χ4n) is 2.78. The predicted octanol–water partition coefficient (Wildman–Crippen LogP) is 1.45. The molecule has 1 aromatic heterocycles. The van der Waals surface area contributed by atoms with Gasteiger partial charge in [0.05, 0.1) is 5.69 Å². The zero-order chi connectivity index (χ0) is 14.7. The molecule has 1 amide bonds. The van der Waals surface area contributed by atoms with Crippen LogP contribution in [0.2, 0.25) is 0 Å². The van der Waals surface area contributed by atoms with Gasteiger partial charge in [0.2, 0.25) is 0 Å². The number of carboxylic acid groups (broad SMARTS) is 1. The molecule has 0 aliphatic heterocycles. The van der Waals surface area contributed by atoms with E-state index in [9.17, 15) is 9.59 Å². The summed E-state index contributed by atoms with van der Waals surface area (Å²) in [5.41, 5.74) is 1.31. The van der Waals surface area contributed by atoms with E-state index in [1.54, 1.807) is 17.8 Å². The van der Waals surface area contributed by atoms with Crippen molar-refractivity contribution in [1.29, 1.82) is 0 Å². The van der Waals surface area contributed by atoms with E-state index in [4.69, 9.17) is 5.11 Å². The lowest BCUT2D eigenvalue weighted by Crippen LogP contribution is -2.43. The minimum Gasteiger partial charge on any atom is -0.480 e. The van der Waals surface area contributed by atoms with Crippen molar-refractivity contribution in [1.82, 2.24) is 14.7 Å². The van der Waals surface area contributed by atoms with Gasteiger partial charge in [0.1, 0.15) is 12.2 Å². The van der Waals surface area contributed by atoms with Crippen LogP contribution in [0.4, 0.5) is 0 Å². The zero-order valence-electron chi connectivity index (χ0n) is 12.0. The van der Waals surface area contributed by atoms with Gasteiger partial charge in [0, 0.05) is 13.1 Å². The van der Waals surface area contributed by atoms with Crippen LogP contribution in [0.1, 0.15) is 48.8 Å². The Morgan fingerprint density at radius 1 is 1.45 bits per heavy atom. The molecule has 0 atom stereocenters. The van der Waals surface area contributed by atoms with E-state index < -0.39 is 5.97 Å². The fraction of sp³-hybridized carbons (Fsp3) is 0.643. The minimum absolute atomic E-state index is 0.0403. The first-order valence-electron chi connectivity index (χ1n) is 7.08. The standard InChI is InChI=1S/C14H21N3O3/c1-3-10-8-12(16(2)15-10)14(20)17(9-13(18)19)11-6-4-5-7-11/h8,11H,3-7,9H2,1-2H3,(H,18,19). The summed E-state index contributed by atoms with van der Waals surface area (Å²) in [6, 6.07) is 1.80. The summed E-state index contributed by atoms with van der Waals surface area (Å²) in [5, 5.41) is 13.3. The number of nitrogens with zero attached hydrogens (tertiary/aromatic N) is 3. The van der Waals surface area contributed by atoms with Crippen LogP contribution in [0, 0.1) is 0 Å². The van der Waals surface area contributed by atoms with Crippen LogP contribution in [0.25, 0.3) is 0 Å². The molecule has 6 nitrogen and oxygen atoms in total. The van der Waals surface area contributed by atoms with Crippen LogP contribution in [-0.2, 0) is 18.3 Å². The summed E-state index contributed by atoms with van der Waals surface area (Å²) in [6.07, 6.45) is 4.64. The van der Waals surface area contributed by atoms with Gasteiger partial charge in [-0.05, 0) is 25.3 Å². The SMILES string of the molecule is CCc1cc(C(=O)N(CC(=O)O)C2CCCC2)n(C)n1. The molecule has 110 valence electrons. The summed E-state index contributed by atoms with van der Waals surface area (Å²) in [4.78, 5) is 25.1. The quantitative estimate of drug-likeness (QED) is 0.885. The number of amides is 1. The molecule has 0 unspecified atom stereocenters. The maximum atomic E-state index is 12.6. The third-order valence-corrected chi connectivity index (χ3v) is 3.84. The molecule has 0 aromatic carbocycles. The highest BCUT2D eigenvalue weighted by molar-refractivity contribution is 5.94. The van der Waals surface area contributed by atoms with E-state index in [1.165, 1.54) is 4.90 Å². The Bertz CT molecular complexity index is 504. The van der Waals surface area contributed by atoms with Crippen molar-refractivity contribution in [3.63, 3.8) is 0 Å². The maximum absolute atomic E-state index is 12.6. The van der Waals surface area contributed by atoms with Gasteiger partial charge in [-0.25, -0.2) is 0 Å². The predicted molar refractivity (Wildman–Crippen MR) is 73.5 cm³/mol. The largest absolute Gasteiger partial charge is 0.480 e. The van der Waals surface area contributed by atoms with E-state index in [-0.39, 0.29) is 18.5 Å². The smallest absolute Gasteiger partial charge is 0.323 e. The van der Waals surface area contributed by atoms with Gasteiger partial charge in [-0.15, -0.1) is 0 Å². The Balaban J connectivity index is 2.24. The zero-order valence-corrected chi connectivity index (χ0v) is 12.0. The summed E-state index contributed by atoms with van der Waals surface area (Å²) in [7, 11) is 1.72. The van der Waals surface area contributed by atoms with Gasteiger partial charge in [-0.2, -0.15) is 5.10 Å². The van der Waals surface area contributed by atoms with Crippen LogP contribution < -0.4 is 0 Å². The molecule has 0 spiro atoms. The molecule has 0 bridgehead atoms. The lowest BCUT2D eigenvalue weighted by molar-refractivity contribution is -0.138. The second-order valence-corrected chi connectivity index (χ2v) is 5.26. The number of carbonyl (C=O) groups excluding carboxylic acids is 1. The molecule has 2 rings (SSSR count). The normalized spacial score (nSPS) is 15.5. The Hall–Kier alpha value is -1.85. The Labute approximate surface area is 118 Å². The first-order chi connectivity index (χ1) is 9.52. The van der Waals surface area contributed by atoms with Crippen LogP contribution in [0.15, 0.2) is 6.07 Å². The van der Waals surface area contributed by atoms with Gasteiger partial charge in [0.25, 0.3) is 5.91 Å². The number of rotatable bonds is 5. The number of hydrogen-bond donors (Lipinski definition) is 1. The van der Waals surface area contributed by atoms with E-state index in [1.807, 2.05) is 6.92 Å². The number of aromatic nitrogens is 2. The third-order valence-electron chi connectivity index (χ3n) is 3.84. The van der Waals surface area contributed by atoms with Gasteiger partial charge in [0.15, 0.2) is 0 Å². The molecular formula is C14H21N3O3. The minimum atomic E-state index is -0.969. The highest BCUT2D eigenvalue weighted by Gasteiger charge is 2.30. The van der Waals surface area contributed by atoms with Gasteiger partial charge >= 0.3 is 5.97 Å². The number of carbonyl (C=O) groups is 2. The van der Waals surface area contributed by atoms with Crippen LogP contribution in [-0.4, -0.2) is 44.3 Å². The van der Waals surface area contributed by atoms with Crippen molar-refractivity contribution in [2.75, 3.05) is 6.54 Å². The lowest BCUT2D eigenvalue weighted by Gasteiger charge is -2.27. The first-order valence-corrected chi connectivity index (χ1v) is 7.08. The fourth-order valence-corrected chi connectivity index (χ4v) is 2.78. The van der Waals surface area contributed by atoms with E-state index in [0.717, 1.165) is 37.8 Å². The molecule has 0 saturated heterocycles. The van der Waals surface area contributed by atoms with Crippen molar-refractivity contribution >= 4 is 11.9 Å². The number of aliphatic carboxylic acids is 1. The van der Waals surface area contributed by atoms with Crippen LogP contribution >= 0.6 is 0 Å². The van der Waals surface area contributed by atoms with Crippen molar-refractivity contribution < 1.29 is 14.7 Å². The van der Waals surface area contributed by atoms with Gasteiger partial charge in [-0.1, -0.05) is 19.8 Å². The van der Waals surface area contributed by atoms with E-state index >= 15 is 0 Å². The van der Waals surface area contributed by atoms with Gasteiger partial charge in [-0.3, -0.25) is 14.3 Å². The Morgan fingerprint density at radius 2 is 2.10 bits per heavy atom. The molecule has 20 heavy (non-hydrogen) atoms. The average Bonchev–Trinajstić information content (AvgIpc) is 3.04. The Kier molecular flexibility index (Phi) is 4.42. The molecular weight excluding hydrogens is 258 g/mol. The molecule has 1 fully saturated rings. The molecule has 1 aromatic rings. The van der Waals surface area contributed by atoms with Crippen molar-refractivity contribution in [3.8, 4) is 0 Å². The topological polar surface area (TPSA) is 75.4 Å². The van der Waals surface area contributed by atoms with Crippen molar-refractivity contribution in [3.05, 3.63) is 17.5 Å². The molecule has 1 saturated carbocycles. The molecule has 1 N–H and O–H groups in total. The first kappa shape index (κ1) is 14.6. The third kappa shape index (κ3) is 3.00. The molecule has 6 heteroatoms. The lowest BCUT2D eigenvalue weighted by atomic mass is 10.2. The van der Waals surface area contributed by atoms with E-state index in [2.05, 4.69) is 5.10 Å². The molecule has 1 aliphatic rings. The van der Waals surface area contributed by atoms with Gasteiger partial charge < -0.3 is 10.0 Å². The summed E-state index contributed by atoms with van der Waals surface area (Å²) in [6.45, 7) is 1.73. The average molecular weight is 279 g/mol. The molecule has 0 radical (unpaired) electrons.